The van der Waals surface area contributed by atoms with Crippen molar-refractivity contribution >= 4 is 27.5 Å². The quantitative estimate of drug-likeness (QED) is 0.570. The summed E-state index contributed by atoms with van der Waals surface area (Å²) in [6.45, 7) is 7.47. The number of fused-ring (bicyclic) bond motifs is 1. The van der Waals surface area contributed by atoms with Crippen LogP contribution >= 0.6 is 0 Å². The van der Waals surface area contributed by atoms with Crippen molar-refractivity contribution in [3.63, 3.8) is 0 Å². The lowest BCUT2D eigenvalue weighted by Gasteiger charge is -2.18. The molecule has 1 aromatic carbocycles. The van der Waals surface area contributed by atoms with Crippen LogP contribution in [0.15, 0.2) is 18.2 Å². The molecule has 0 unspecified atom stereocenters. The number of sulfonamides is 1. The summed E-state index contributed by atoms with van der Waals surface area (Å²) in [7, 11) is -3.30. The van der Waals surface area contributed by atoms with Gasteiger partial charge in [-0.3, -0.25) is 13.9 Å². The van der Waals surface area contributed by atoms with Gasteiger partial charge in [-0.1, -0.05) is 20.8 Å². The number of carbonyl (C=O) groups is 2. The van der Waals surface area contributed by atoms with Crippen LogP contribution in [0.2, 0.25) is 0 Å². The largest absolute Gasteiger partial charge is 0.457 e. The third kappa shape index (κ3) is 4.81. The minimum absolute atomic E-state index is 0.0385. The molecular formula is C18H25NO5S. The zero-order valence-corrected chi connectivity index (χ0v) is 16.0. The summed E-state index contributed by atoms with van der Waals surface area (Å²) in [4.78, 5) is 24.0. The fraction of sp³-hybridized carbons (Fsp3) is 0.556. The molecule has 0 aliphatic carbocycles. The summed E-state index contributed by atoms with van der Waals surface area (Å²) in [6, 6.07) is 4.93. The van der Waals surface area contributed by atoms with Crippen molar-refractivity contribution in [2.75, 3.05) is 23.2 Å². The van der Waals surface area contributed by atoms with E-state index in [-0.39, 0.29) is 30.0 Å². The van der Waals surface area contributed by atoms with Crippen LogP contribution in [0.5, 0.6) is 0 Å². The molecule has 0 saturated carbocycles. The number of hydrogen-bond acceptors (Lipinski definition) is 5. The van der Waals surface area contributed by atoms with Crippen molar-refractivity contribution in [1.82, 2.24) is 0 Å². The van der Waals surface area contributed by atoms with Gasteiger partial charge < -0.3 is 4.74 Å². The number of esters is 1. The zero-order chi connectivity index (χ0) is 18.8. The Morgan fingerprint density at radius 3 is 2.52 bits per heavy atom. The highest BCUT2D eigenvalue weighted by Gasteiger charge is 2.28. The molecule has 6 nitrogen and oxygen atoms in total. The number of ketones is 1. The lowest BCUT2D eigenvalue weighted by Crippen LogP contribution is -2.30. The first-order valence-electron chi connectivity index (χ1n) is 8.35. The van der Waals surface area contributed by atoms with E-state index < -0.39 is 16.0 Å². The van der Waals surface area contributed by atoms with Gasteiger partial charge in [-0.05, 0) is 42.5 Å². The molecule has 0 aromatic heterocycles. The van der Waals surface area contributed by atoms with Gasteiger partial charge in [0.25, 0.3) is 0 Å². The summed E-state index contributed by atoms with van der Waals surface area (Å²) in [5.74, 6) is -0.652. The predicted molar refractivity (Wildman–Crippen MR) is 96.3 cm³/mol. The number of carbonyl (C=O) groups excluding carboxylic acids is 2. The van der Waals surface area contributed by atoms with Crippen molar-refractivity contribution in [3.8, 4) is 0 Å². The molecular weight excluding hydrogens is 342 g/mol. The molecule has 1 heterocycles. The van der Waals surface area contributed by atoms with Crippen LogP contribution in [-0.4, -0.2) is 39.1 Å². The Labute approximate surface area is 149 Å². The van der Waals surface area contributed by atoms with Crippen LogP contribution in [0, 0.1) is 5.41 Å². The molecule has 0 fully saturated rings. The normalized spacial score (nSPS) is 14.3. The Balaban J connectivity index is 2.05. The summed E-state index contributed by atoms with van der Waals surface area (Å²) in [5.41, 5.74) is 1.69. The molecule has 1 aliphatic rings. The Morgan fingerprint density at radius 1 is 1.24 bits per heavy atom. The number of benzene rings is 1. The van der Waals surface area contributed by atoms with E-state index >= 15 is 0 Å². The smallest absolute Gasteiger partial charge is 0.306 e. The monoisotopic (exact) mass is 367 g/mol. The Morgan fingerprint density at radius 2 is 1.92 bits per heavy atom. The third-order valence-electron chi connectivity index (χ3n) is 3.99. The molecule has 25 heavy (non-hydrogen) atoms. The molecule has 0 N–H and O–H groups in total. The van der Waals surface area contributed by atoms with Crippen LogP contribution in [0.3, 0.4) is 0 Å². The van der Waals surface area contributed by atoms with Gasteiger partial charge in [-0.2, -0.15) is 0 Å². The molecule has 138 valence electrons. The molecule has 1 aliphatic heterocycles. The van der Waals surface area contributed by atoms with E-state index in [4.69, 9.17) is 4.74 Å². The fourth-order valence-corrected chi connectivity index (χ4v) is 3.86. The van der Waals surface area contributed by atoms with Gasteiger partial charge in [0, 0.05) is 12.1 Å². The standard InChI is InChI=1S/C18H25NO5S/c1-5-25(22,23)19-9-8-13-10-14(6-7-15(13)19)16(20)12-24-17(21)11-18(2,3)4/h6-7,10H,5,8-9,11-12H2,1-4H3. The maximum absolute atomic E-state index is 12.2. The number of ether oxygens (including phenoxy) is 1. The van der Waals surface area contributed by atoms with E-state index in [1.54, 1.807) is 25.1 Å². The average Bonchev–Trinajstić information content (AvgIpc) is 2.94. The minimum atomic E-state index is -3.30. The van der Waals surface area contributed by atoms with Gasteiger partial charge in [0.15, 0.2) is 12.4 Å². The Hall–Kier alpha value is -1.89. The van der Waals surface area contributed by atoms with Crippen LogP contribution in [0.1, 0.15) is 50.0 Å². The third-order valence-corrected chi connectivity index (χ3v) is 5.77. The molecule has 0 spiro atoms. The van der Waals surface area contributed by atoms with Gasteiger partial charge in [0.2, 0.25) is 10.0 Å². The molecule has 2 rings (SSSR count). The van der Waals surface area contributed by atoms with Gasteiger partial charge in [-0.15, -0.1) is 0 Å². The summed E-state index contributed by atoms with van der Waals surface area (Å²) < 4.78 is 30.6. The number of Topliss-reactive ketones (excluding diaryl/α,β-unsaturated/α-hetero) is 1. The van der Waals surface area contributed by atoms with Crippen molar-refractivity contribution < 1.29 is 22.7 Å². The minimum Gasteiger partial charge on any atom is -0.457 e. The highest BCUT2D eigenvalue weighted by molar-refractivity contribution is 7.92. The maximum Gasteiger partial charge on any atom is 0.306 e. The molecule has 0 radical (unpaired) electrons. The molecule has 0 bridgehead atoms. The molecule has 1 aromatic rings. The molecule has 0 saturated heterocycles. The maximum atomic E-state index is 12.2. The average molecular weight is 367 g/mol. The van der Waals surface area contributed by atoms with Crippen molar-refractivity contribution in [3.05, 3.63) is 29.3 Å². The first kappa shape index (κ1) is 19.4. The first-order valence-corrected chi connectivity index (χ1v) is 9.96. The molecule has 0 atom stereocenters. The fourth-order valence-electron chi connectivity index (χ4n) is 2.70. The van der Waals surface area contributed by atoms with Crippen molar-refractivity contribution in [2.24, 2.45) is 5.41 Å². The lowest BCUT2D eigenvalue weighted by molar-refractivity contribution is -0.144. The van der Waals surface area contributed by atoms with Gasteiger partial charge in [0.05, 0.1) is 17.9 Å². The van der Waals surface area contributed by atoms with E-state index in [2.05, 4.69) is 0 Å². The van der Waals surface area contributed by atoms with E-state index in [1.807, 2.05) is 20.8 Å². The lowest BCUT2D eigenvalue weighted by atomic mass is 9.92. The summed E-state index contributed by atoms with van der Waals surface area (Å²) in [5, 5.41) is 0. The second-order valence-corrected chi connectivity index (χ2v) is 9.57. The zero-order valence-electron chi connectivity index (χ0n) is 15.2. The molecule has 7 heteroatoms. The van der Waals surface area contributed by atoms with E-state index in [1.165, 1.54) is 4.31 Å². The second kappa shape index (κ2) is 7.15. The second-order valence-electron chi connectivity index (χ2n) is 7.39. The predicted octanol–water partition coefficient (Wildman–Crippen LogP) is 2.56. The van der Waals surface area contributed by atoms with Gasteiger partial charge in [0.1, 0.15) is 0 Å². The summed E-state index contributed by atoms with van der Waals surface area (Å²) >= 11 is 0. The van der Waals surface area contributed by atoms with Crippen molar-refractivity contribution in [1.29, 1.82) is 0 Å². The Bertz CT molecular complexity index is 777. The van der Waals surface area contributed by atoms with Gasteiger partial charge in [-0.25, -0.2) is 8.42 Å². The Kier molecular flexibility index (Phi) is 5.56. The number of nitrogens with zero attached hydrogens (tertiary/aromatic N) is 1. The van der Waals surface area contributed by atoms with Crippen molar-refractivity contribution in [2.45, 2.75) is 40.5 Å². The van der Waals surface area contributed by atoms with Crippen LogP contribution in [0.25, 0.3) is 0 Å². The van der Waals surface area contributed by atoms with Crippen LogP contribution < -0.4 is 4.31 Å². The number of rotatable bonds is 6. The molecule has 0 amide bonds. The van der Waals surface area contributed by atoms with Crippen LogP contribution in [0.4, 0.5) is 5.69 Å². The number of hydrogen-bond donors (Lipinski definition) is 0. The van der Waals surface area contributed by atoms with Gasteiger partial charge >= 0.3 is 5.97 Å². The van der Waals surface area contributed by atoms with E-state index in [0.717, 1.165) is 5.56 Å². The van der Waals surface area contributed by atoms with E-state index in [9.17, 15) is 18.0 Å². The first-order chi connectivity index (χ1) is 11.5. The number of anilines is 1. The SMILES string of the molecule is CCS(=O)(=O)N1CCc2cc(C(=O)COC(=O)CC(C)(C)C)ccc21. The van der Waals surface area contributed by atoms with E-state index in [0.29, 0.717) is 24.2 Å². The topological polar surface area (TPSA) is 80.8 Å². The summed E-state index contributed by atoms with van der Waals surface area (Å²) in [6.07, 6.45) is 0.813. The highest BCUT2D eigenvalue weighted by atomic mass is 32.2. The van der Waals surface area contributed by atoms with Crippen LogP contribution in [-0.2, 0) is 26.0 Å². The highest BCUT2D eigenvalue weighted by Crippen LogP contribution is 2.31.